The molecule has 8 nitrogen and oxygen atoms in total. The summed E-state index contributed by atoms with van der Waals surface area (Å²) in [6, 6.07) is 11.1. The smallest absolute Gasteiger partial charge is 0.417 e. The van der Waals surface area contributed by atoms with Crippen LogP contribution in [0, 0.1) is 6.92 Å². The van der Waals surface area contributed by atoms with Crippen molar-refractivity contribution in [1.82, 2.24) is 4.98 Å². The molecule has 3 aromatic rings. The highest BCUT2D eigenvalue weighted by atomic mass is 32.2. The second-order valence-electron chi connectivity index (χ2n) is 7.04. The van der Waals surface area contributed by atoms with Gasteiger partial charge in [0, 0.05) is 17.4 Å². The summed E-state index contributed by atoms with van der Waals surface area (Å²) >= 11 is 0. The summed E-state index contributed by atoms with van der Waals surface area (Å²) in [4.78, 5) is 27.6. The van der Waals surface area contributed by atoms with E-state index in [0.717, 1.165) is 12.1 Å². The molecule has 0 fully saturated rings. The number of pyridine rings is 1. The van der Waals surface area contributed by atoms with Crippen LogP contribution in [-0.2, 0) is 20.9 Å². The van der Waals surface area contributed by atoms with Crippen LogP contribution in [-0.4, -0.2) is 32.4 Å². The summed E-state index contributed by atoms with van der Waals surface area (Å²) in [5.74, 6) is -1.40. The molecule has 1 amide bonds. The van der Waals surface area contributed by atoms with E-state index in [1.165, 1.54) is 49.6 Å². The van der Waals surface area contributed by atoms with Crippen molar-refractivity contribution in [2.24, 2.45) is 0 Å². The number of nitrogens with one attached hydrogen (secondary N) is 2. The number of ether oxygens (including phenoxy) is 1. The van der Waals surface area contributed by atoms with Crippen LogP contribution in [0.5, 0.6) is 0 Å². The molecule has 3 rings (SSSR count). The molecule has 1 aromatic heterocycles. The molecular formula is C22H18F3N3O5S. The number of rotatable bonds is 6. The van der Waals surface area contributed by atoms with E-state index in [9.17, 15) is 31.2 Å². The van der Waals surface area contributed by atoms with E-state index in [-0.39, 0.29) is 27.5 Å². The van der Waals surface area contributed by atoms with Crippen molar-refractivity contribution >= 4 is 33.4 Å². The van der Waals surface area contributed by atoms with Gasteiger partial charge in [-0.15, -0.1) is 0 Å². The van der Waals surface area contributed by atoms with Gasteiger partial charge in [0.15, 0.2) is 0 Å². The standard InChI is InChI=1S/C22H18F3N3O5S/c1-13-3-9-17(11-18(13)21(30)33-2)34(31,32)28-16-7-4-14(5-8-16)20(29)27-19-10-6-15(12-26-19)22(23,24)25/h3-12,28H,1-2H3,(H,26,27,29). The van der Waals surface area contributed by atoms with Crippen molar-refractivity contribution in [3.05, 3.63) is 83.0 Å². The Kier molecular flexibility index (Phi) is 6.91. The fourth-order valence-corrected chi connectivity index (χ4v) is 3.91. The zero-order valence-electron chi connectivity index (χ0n) is 17.8. The number of halogens is 3. The predicted molar refractivity (Wildman–Crippen MR) is 117 cm³/mol. The Morgan fingerprint density at radius 2 is 1.68 bits per heavy atom. The third kappa shape index (κ3) is 5.70. The van der Waals surface area contributed by atoms with E-state index in [4.69, 9.17) is 0 Å². The molecule has 2 N–H and O–H groups in total. The van der Waals surface area contributed by atoms with Gasteiger partial charge in [-0.05, 0) is 61.0 Å². The van der Waals surface area contributed by atoms with Crippen LogP contribution in [0.15, 0.2) is 65.7 Å². The molecule has 0 spiro atoms. The summed E-state index contributed by atoms with van der Waals surface area (Å²) in [5.41, 5.74) is -0.0373. The maximum Gasteiger partial charge on any atom is 0.417 e. The second-order valence-corrected chi connectivity index (χ2v) is 8.72. The number of carbonyl (C=O) groups excluding carboxylic acids is 2. The number of methoxy groups -OCH3 is 1. The lowest BCUT2D eigenvalue weighted by Crippen LogP contribution is -2.16. The predicted octanol–water partition coefficient (Wildman–Crippen LogP) is 4.25. The summed E-state index contributed by atoms with van der Waals surface area (Å²) < 4.78 is 70.2. The van der Waals surface area contributed by atoms with Crippen molar-refractivity contribution in [1.29, 1.82) is 0 Å². The summed E-state index contributed by atoms with van der Waals surface area (Å²) in [5, 5.41) is 2.36. The normalized spacial score (nSPS) is 11.6. The number of esters is 1. The molecule has 34 heavy (non-hydrogen) atoms. The highest BCUT2D eigenvalue weighted by molar-refractivity contribution is 7.92. The number of aromatic nitrogens is 1. The van der Waals surface area contributed by atoms with E-state index < -0.39 is 33.6 Å². The number of carbonyl (C=O) groups is 2. The Morgan fingerprint density at radius 3 is 2.24 bits per heavy atom. The van der Waals surface area contributed by atoms with Gasteiger partial charge in [-0.2, -0.15) is 13.2 Å². The zero-order chi connectivity index (χ0) is 25.1. The van der Waals surface area contributed by atoms with Crippen molar-refractivity contribution in [3.8, 4) is 0 Å². The van der Waals surface area contributed by atoms with Gasteiger partial charge < -0.3 is 10.1 Å². The number of hydrogen-bond donors (Lipinski definition) is 2. The molecule has 0 radical (unpaired) electrons. The van der Waals surface area contributed by atoms with Gasteiger partial charge in [-0.3, -0.25) is 9.52 Å². The maximum atomic E-state index is 12.7. The number of alkyl halides is 3. The topological polar surface area (TPSA) is 114 Å². The average molecular weight is 493 g/mol. The molecule has 12 heteroatoms. The van der Waals surface area contributed by atoms with Gasteiger partial charge in [-0.25, -0.2) is 18.2 Å². The van der Waals surface area contributed by atoms with Crippen LogP contribution in [0.1, 0.15) is 31.8 Å². The average Bonchev–Trinajstić information content (AvgIpc) is 2.78. The van der Waals surface area contributed by atoms with Crippen LogP contribution >= 0.6 is 0 Å². The van der Waals surface area contributed by atoms with Crippen molar-refractivity contribution in [3.63, 3.8) is 0 Å². The molecule has 0 saturated carbocycles. The van der Waals surface area contributed by atoms with Gasteiger partial charge in [-0.1, -0.05) is 6.07 Å². The minimum Gasteiger partial charge on any atom is -0.465 e. The Morgan fingerprint density at radius 1 is 1.00 bits per heavy atom. The number of amides is 1. The minimum absolute atomic E-state index is 0.0800. The molecule has 0 saturated heterocycles. The Balaban J connectivity index is 1.72. The first-order valence-electron chi connectivity index (χ1n) is 9.57. The zero-order valence-corrected chi connectivity index (χ0v) is 18.6. The number of aryl methyl sites for hydroxylation is 1. The maximum absolute atomic E-state index is 12.7. The lowest BCUT2D eigenvalue weighted by Gasteiger charge is -2.11. The van der Waals surface area contributed by atoms with Crippen molar-refractivity contribution < 1.29 is 35.9 Å². The van der Waals surface area contributed by atoms with Crippen LogP contribution in [0.3, 0.4) is 0 Å². The molecule has 0 atom stereocenters. The molecule has 0 aliphatic heterocycles. The lowest BCUT2D eigenvalue weighted by molar-refractivity contribution is -0.137. The van der Waals surface area contributed by atoms with E-state index in [1.807, 2.05) is 0 Å². The highest BCUT2D eigenvalue weighted by Gasteiger charge is 2.30. The first-order chi connectivity index (χ1) is 15.9. The number of hydrogen-bond acceptors (Lipinski definition) is 6. The fraction of sp³-hybridized carbons (Fsp3) is 0.136. The third-order valence-electron chi connectivity index (χ3n) is 4.66. The SMILES string of the molecule is COC(=O)c1cc(S(=O)(=O)Nc2ccc(C(=O)Nc3ccc(C(F)(F)F)cn3)cc2)ccc1C. The number of nitrogens with zero attached hydrogens (tertiary/aromatic N) is 1. The van der Waals surface area contributed by atoms with Crippen LogP contribution in [0.25, 0.3) is 0 Å². The molecular weight excluding hydrogens is 475 g/mol. The van der Waals surface area contributed by atoms with E-state index in [1.54, 1.807) is 6.92 Å². The van der Waals surface area contributed by atoms with E-state index >= 15 is 0 Å². The summed E-state index contributed by atoms with van der Waals surface area (Å²) in [6.45, 7) is 1.64. The van der Waals surface area contributed by atoms with Crippen molar-refractivity contribution in [2.45, 2.75) is 18.0 Å². The van der Waals surface area contributed by atoms with Crippen LogP contribution in [0.4, 0.5) is 24.7 Å². The van der Waals surface area contributed by atoms with E-state index in [0.29, 0.717) is 11.8 Å². The van der Waals surface area contributed by atoms with Crippen LogP contribution < -0.4 is 10.0 Å². The quantitative estimate of drug-likeness (QED) is 0.497. The number of anilines is 2. The first kappa shape index (κ1) is 24.7. The number of sulfonamides is 1. The Hall–Kier alpha value is -3.93. The van der Waals surface area contributed by atoms with Gasteiger partial charge in [0.05, 0.1) is 23.1 Å². The van der Waals surface area contributed by atoms with Gasteiger partial charge in [0.25, 0.3) is 15.9 Å². The molecule has 0 aliphatic carbocycles. The third-order valence-corrected chi connectivity index (χ3v) is 6.04. The summed E-state index contributed by atoms with van der Waals surface area (Å²) in [6.07, 6.45) is -3.94. The fourth-order valence-electron chi connectivity index (χ4n) is 2.83. The van der Waals surface area contributed by atoms with Crippen LogP contribution in [0.2, 0.25) is 0 Å². The molecule has 0 aliphatic rings. The first-order valence-corrected chi connectivity index (χ1v) is 11.1. The van der Waals surface area contributed by atoms with Gasteiger partial charge in [0.1, 0.15) is 5.82 Å². The Labute approximate surface area is 192 Å². The number of benzene rings is 2. The monoisotopic (exact) mass is 493 g/mol. The highest BCUT2D eigenvalue weighted by Crippen LogP contribution is 2.29. The lowest BCUT2D eigenvalue weighted by atomic mass is 10.1. The van der Waals surface area contributed by atoms with Gasteiger partial charge >= 0.3 is 12.1 Å². The van der Waals surface area contributed by atoms with E-state index in [2.05, 4.69) is 19.8 Å². The Bertz CT molecular complexity index is 1320. The second kappa shape index (κ2) is 9.51. The molecule has 178 valence electrons. The summed E-state index contributed by atoms with van der Waals surface area (Å²) in [7, 11) is -2.87. The van der Waals surface area contributed by atoms with Crippen molar-refractivity contribution in [2.75, 3.05) is 17.1 Å². The molecule has 1 heterocycles. The van der Waals surface area contributed by atoms with Gasteiger partial charge in [0.2, 0.25) is 0 Å². The largest absolute Gasteiger partial charge is 0.465 e. The molecule has 0 unspecified atom stereocenters. The molecule has 0 bridgehead atoms. The minimum atomic E-state index is -4.54. The molecule has 2 aromatic carbocycles.